The molecule has 0 N–H and O–H groups in total. The fourth-order valence-corrected chi connectivity index (χ4v) is 65.2. The SMILES string of the molecule is CP([As+](C)(C)C)[As+](C)(C)C. The molecule has 0 amide bonds. The van der Waals surface area contributed by atoms with Crippen LogP contribution in [0, 0.1) is 0 Å². The van der Waals surface area contributed by atoms with Crippen LogP contribution in [0.4, 0.5) is 0 Å². The fourth-order valence-electron chi connectivity index (χ4n) is 0.805. The Bertz CT molecular complexity index is 95.8. The van der Waals surface area contributed by atoms with E-state index in [1.165, 1.54) is 0 Å². The van der Waals surface area contributed by atoms with Gasteiger partial charge in [-0.1, -0.05) is 0 Å². The fraction of sp³-hybridized carbons (Fsp3) is 1.00. The maximum absolute atomic E-state index is 2.55. The standard InChI is InChI=1S/C7H21As2P/c1-8(2,3)10(7)9(4,5)6/h1-7H3/q+2. The van der Waals surface area contributed by atoms with Crippen molar-refractivity contribution in [2.75, 3.05) is 6.66 Å². The number of rotatable bonds is 2. The van der Waals surface area contributed by atoms with Crippen molar-refractivity contribution in [3.63, 3.8) is 0 Å². The molecule has 0 saturated carbocycles. The van der Waals surface area contributed by atoms with E-state index in [0.29, 0.717) is 5.04 Å². The van der Waals surface area contributed by atoms with Crippen molar-refractivity contribution in [1.29, 1.82) is 0 Å². The Kier molecular flexibility index (Phi) is 4.05. The first-order chi connectivity index (χ1) is 4.15. The van der Waals surface area contributed by atoms with E-state index in [9.17, 15) is 0 Å². The number of hydrogen-bond acceptors (Lipinski definition) is 0. The van der Waals surface area contributed by atoms with Crippen molar-refractivity contribution in [2.24, 2.45) is 0 Å². The predicted octanol–water partition coefficient (Wildman–Crippen LogP) is 3.77. The van der Waals surface area contributed by atoms with Crippen molar-refractivity contribution in [1.82, 2.24) is 0 Å². The molecule has 62 valence electrons. The third kappa shape index (κ3) is 3.80. The first-order valence-electron chi connectivity index (χ1n) is 3.53. The second-order valence-electron chi connectivity index (χ2n) is 4.37. The quantitative estimate of drug-likeness (QED) is 0.535. The summed E-state index contributed by atoms with van der Waals surface area (Å²) in [6.45, 7) is 2.55. The van der Waals surface area contributed by atoms with Crippen LogP contribution in [-0.2, 0) is 0 Å². The van der Waals surface area contributed by atoms with E-state index in [4.69, 9.17) is 0 Å². The second-order valence-corrected chi connectivity index (χ2v) is 46.1. The van der Waals surface area contributed by atoms with Crippen LogP contribution >= 0.6 is 5.04 Å². The second kappa shape index (κ2) is 3.51. The van der Waals surface area contributed by atoms with Crippen molar-refractivity contribution < 1.29 is 0 Å². The van der Waals surface area contributed by atoms with Crippen molar-refractivity contribution in [3.05, 3.63) is 0 Å². The van der Waals surface area contributed by atoms with Crippen LogP contribution in [0.2, 0.25) is 34.3 Å². The zero-order valence-corrected chi connectivity index (χ0v) is 13.0. The van der Waals surface area contributed by atoms with Crippen LogP contribution in [-0.4, -0.2) is 32.9 Å². The minimum atomic E-state index is -1.07. The molecule has 0 spiro atoms. The molecule has 0 aliphatic carbocycles. The molecule has 0 aliphatic rings. The molecular weight excluding hydrogens is 265 g/mol. The van der Waals surface area contributed by atoms with Gasteiger partial charge in [0, 0.05) is 0 Å². The first kappa shape index (κ1) is 11.5. The minimum absolute atomic E-state index is 0.481. The van der Waals surface area contributed by atoms with E-state index >= 15 is 0 Å². The molecule has 0 fully saturated rings. The molecule has 0 aromatic rings. The zero-order chi connectivity index (χ0) is 8.58. The topological polar surface area (TPSA) is 0 Å². The van der Waals surface area contributed by atoms with Gasteiger partial charge in [0.05, 0.1) is 0 Å². The van der Waals surface area contributed by atoms with Gasteiger partial charge >= 0.3 is 72.2 Å². The zero-order valence-electron chi connectivity index (χ0n) is 8.34. The van der Waals surface area contributed by atoms with Gasteiger partial charge in [-0.15, -0.1) is 0 Å². The Morgan fingerprint density at radius 3 is 0.900 bits per heavy atom. The van der Waals surface area contributed by atoms with Gasteiger partial charge in [-0.3, -0.25) is 0 Å². The molecule has 0 nitrogen and oxygen atoms in total. The van der Waals surface area contributed by atoms with E-state index < -0.39 is 26.2 Å². The summed E-state index contributed by atoms with van der Waals surface area (Å²) in [5, 5.41) is 0.481. The molecule has 10 heavy (non-hydrogen) atoms. The van der Waals surface area contributed by atoms with E-state index in [1.54, 1.807) is 0 Å². The normalized spacial score (nSPS) is 14.4. The Morgan fingerprint density at radius 2 is 0.900 bits per heavy atom. The number of hydrogen-bond donors (Lipinski definition) is 0. The molecule has 0 radical (unpaired) electrons. The van der Waals surface area contributed by atoms with Crippen LogP contribution in [0.25, 0.3) is 0 Å². The average Bonchev–Trinajstić information content (AvgIpc) is 1.59. The summed E-state index contributed by atoms with van der Waals surface area (Å²) in [7, 11) is 0. The Hall–Kier alpha value is 1.55. The van der Waals surface area contributed by atoms with Gasteiger partial charge in [0.1, 0.15) is 0 Å². The van der Waals surface area contributed by atoms with Crippen LogP contribution in [0.3, 0.4) is 0 Å². The van der Waals surface area contributed by atoms with Gasteiger partial charge in [-0.2, -0.15) is 0 Å². The summed E-state index contributed by atoms with van der Waals surface area (Å²) in [6, 6.07) is 0. The molecule has 0 unspecified atom stereocenters. The Morgan fingerprint density at radius 1 is 0.700 bits per heavy atom. The molecule has 0 rings (SSSR count). The Balaban J connectivity index is 4.23. The van der Waals surface area contributed by atoms with Gasteiger partial charge in [-0.05, 0) is 0 Å². The molecule has 0 heterocycles. The van der Waals surface area contributed by atoms with Gasteiger partial charge in [-0.25, -0.2) is 0 Å². The van der Waals surface area contributed by atoms with E-state index in [2.05, 4.69) is 40.9 Å². The first-order valence-corrected chi connectivity index (χ1v) is 21.5. The van der Waals surface area contributed by atoms with Gasteiger partial charge < -0.3 is 0 Å². The van der Waals surface area contributed by atoms with Crippen molar-refractivity contribution >= 4 is 31.2 Å². The predicted molar refractivity (Wildman–Crippen MR) is 59.5 cm³/mol. The van der Waals surface area contributed by atoms with Crippen LogP contribution in [0.1, 0.15) is 0 Å². The average molecular weight is 286 g/mol. The van der Waals surface area contributed by atoms with Crippen LogP contribution < -0.4 is 0 Å². The molecule has 0 atom stereocenters. The monoisotopic (exact) mass is 286 g/mol. The van der Waals surface area contributed by atoms with Gasteiger partial charge in [0.15, 0.2) is 0 Å². The molecular formula is C7H21As2P+2. The molecule has 0 saturated heterocycles. The van der Waals surface area contributed by atoms with Crippen molar-refractivity contribution in [2.45, 2.75) is 34.3 Å². The third-order valence-electron chi connectivity index (χ3n) is 1.74. The molecule has 3 heteroatoms. The summed E-state index contributed by atoms with van der Waals surface area (Å²) in [5.74, 6) is 0. The summed E-state index contributed by atoms with van der Waals surface area (Å²) in [6.07, 6.45) is 0. The summed E-state index contributed by atoms with van der Waals surface area (Å²) < 4.78 is 0. The summed E-state index contributed by atoms with van der Waals surface area (Å²) >= 11 is -2.15. The van der Waals surface area contributed by atoms with E-state index in [-0.39, 0.29) is 0 Å². The Labute approximate surface area is 72.0 Å². The summed E-state index contributed by atoms with van der Waals surface area (Å²) in [5.41, 5.74) is 15.3. The third-order valence-corrected chi connectivity index (χ3v) is 62.2. The molecule has 0 bridgehead atoms. The van der Waals surface area contributed by atoms with Gasteiger partial charge in [0.2, 0.25) is 0 Å². The van der Waals surface area contributed by atoms with Gasteiger partial charge in [0.25, 0.3) is 0 Å². The van der Waals surface area contributed by atoms with Crippen LogP contribution in [0.5, 0.6) is 0 Å². The maximum atomic E-state index is 2.55. The van der Waals surface area contributed by atoms with Crippen LogP contribution in [0.15, 0.2) is 0 Å². The van der Waals surface area contributed by atoms with E-state index in [0.717, 1.165) is 0 Å². The molecule has 0 aromatic carbocycles. The van der Waals surface area contributed by atoms with E-state index in [1.807, 2.05) is 0 Å². The molecule has 0 aromatic heterocycles. The van der Waals surface area contributed by atoms with Crippen molar-refractivity contribution in [3.8, 4) is 0 Å². The molecule has 0 aliphatic heterocycles. The summed E-state index contributed by atoms with van der Waals surface area (Å²) in [4.78, 5) is 0.